The minimum absolute atomic E-state index is 1.02. The summed E-state index contributed by atoms with van der Waals surface area (Å²) in [5, 5.41) is 0. The summed E-state index contributed by atoms with van der Waals surface area (Å²) in [4.78, 5) is 4.35. The number of fused-ring (bicyclic) bond motifs is 1. The summed E-state index contributed by atoms with van der Waals surface area (Å²) >= 11 is 4.47. The van der Waals surface area contributed by atoms with Crippen LogP contribution in [0.15, 0.2) is 24.3 Å². The van der Waals surface area contributed by atoms with Crippen molar-refractivity contribution in [1.82, 2.24) is 7.76 Å². The minimum atomic E-state index is 1.02. The van der Waals surface area contributed by atoms with Gasteiger partial charge in [-0.25, -0.2) is 4.98 Å². The van der Waals surface area contributed by atoms with Crippen molar-refractivity contribution in [2.75, 3.05) is 0 Å². The van der Waals surface area contributed by atoms with E-state index in [1.165, 1.54) is 5.52 Å². The molecule has 0 unspecified atom stereocenters. The number of para-hydroxylation sites is 2. The summed E-state index contributed by atoms with van der Waals surface area (Å²) in [6.07, 6.45) is 0. The van der Waals surface area contributed by atoms with Gasteiger partial charge >= 0.3 is 0 Å². The molecule has 0 N–H and O–H groups in total. The topological polar surface area (TPSA) is 17.8 Å². The molecule has 2 aromatic rings. The van der Waals surface area contributed by atoms with Crippen LogP contribution in [0.4, 0.5) is 0 Å². The second kappa shape index (κ2) is 2.89. The summed E-state index contributed by atoms with van der Waals surface area (Å²) in [5.41, 5.74) is 2.24. The van der Waals surface area contributed by atoms with Crippen molar-refractivity contribution in [3.63, 3.8) is 0 Å². The van der Waals surface area contributed by atoms with E-state index >= 15 is 0 Å². The highest BCUT2D eigenvalue weighted by Crippen LogP contribution is 2.19. The Labute approximate surface area is 91.6 Å². The number of hydrogen-bond acceptors (Lipinski definition) is 1. The molecule has 0 amide bonds. The van der Waals surface area contributed by atoms with Crippen LogP contribution in [0, 0.1) is 3.83 Å². The van der Waals surface area contributed by atoms with Crippen LogP contribution in [0.25, 0.3) is 11.0 Å². The van der Waals surface area contributed by atoms with Crippen LogP contribution in [-0.4, -0.2) is 7.76 Å². The standard InChI is InChI=1S/C7H4I2N2/c8-7-10-5-3-1-2-4-6(5)11(7)9/h1-4H. The van der Waals surface area contributed by atoms with Crippen molar-refractivity contribution < 1.29 is 0 Å². The Morgan fingerprint density at radius 3 is 2.73 bits per heavy atom. The number of imidazole rings is 1. The van der Waals surface area contributed by atoms with Crippen molar-refractivity contribution >= 4 is 56.5 Å². The fourth-order valence-electron chi connectivity index (χ4n) is 0.967. The normalized spacial score (nSPS) is 10.7. The largest absolute Gasteiger partial charge is 0.259 e. The molecule has 0 spiro atoms. The molecule has 11 heavy (non-hydrogen) atoms. The first-order chi connectivity index (χ1) is 5.29. The van der Waals surface area contributed by atoms with Crippen molar-refractivity contribution in [3.8, 4) is 0 Å². The Morgan fingerprint density at radius 2 is 2.00 bits per heavy atom. The zero-order valence-electron chi connectivity index (χ0n) is 5.46. The summed E-state index contributed by atoms with van der Waals surface area (Å²) in [5.74, 6) is 0. The molecule has 0 aliphatic carbocycles. The highest BCUT2D eigenvalue weighted by molar-refractivity contribution is 14.1. The van der Waals surface area contributed by atoms with Crippen molar-refractivity contribution in [2.45, 2.75) is 0 Å². The molecular weight excluding hydrogens is 366 g/mol. The van der Waals surface area contributed by atoms with E-state index in [4.69, 9.17) is 0 Å². The molecule has 0 fully saturated rings. The SMILES string of the molecule is Ic1nc2ccccc2n1I. The van der Waals surface area contributed by atoms with Crippen LogP contribution in [0.1, 0.15) is 0 Å². The molecule has 0 bridgehead atoms. The molecule has 1 heterocycles. The summed E-state index contributed by atoms with van der Waals surface area (Å²) < 4.78 is 3.07. The first kappa shape index (κ1) is 7.78. The van der Waals surface area contributed by atoms with E-state index in [9.17, 15) is 0 Å². The highest BCUT2D eigenvalue weighted by Gasteiger charge is 2.03. The first-order valence-corrected chi connectivity index (χ1v) is 5.12. The Balaban J connectivity index is 2.92. The van der Waals surface area contributed by atoms with Gasteiger partial charge < -0.3 is 0 Å². The third kappa shape index (κ3) is 1.26. The van der Waals surface area contributed by atoms with E-state index in [0.717, 1.165) is 9.35 Å². The number of hydrogen-bond donors (Lipinski definition) is 0. The molecule has 0 atom stereocenters. The van der Waals surface area contributed by atoms with Crippen LogP contribution in [-0.2, 0) is 0 Å². The number of nitrogens with zero attached hydrogens (tertiary/aromatic N) is 2. The maximum absolute atomic E-state index is 4.35. The van der Waals surface area contributed by atoms with Gasteiger partial charge in [-0.15, -0.1) is 0 Å². The highest BCUT2D eigenvalue weighted by atomic mass is 127. The number of benzene rings is 1. The van der Waals surface area contributed by atoms with Gasteiger partial charge in [0.25, 0.3) is 0 Å². The van der Waals surface area contributed by atoms with Crippen molar-refractivity contribution in [3.05, 3.63) is 28.1 Å². The summed E-state index contributed by atoms with van der Waals surface area (Å²) in [6.45, 7) is 0. The van der Waals surface area contributed by atoms with Gasteiger partial charge in [-0.05, 0) is 12.1 Å². The first-order valence-electron chi connectivity index (χ1n) is 3.08. The predicted molar refractivity (Wildman–Crippen MR) is 61.9 cm³/mol. The van der Waals surface area contributed by atoms with E-state index in [2.05, 4.69) is 56.5 Å². The van der Waals surface area contributed by atoms with Gasteiger partial charge in [0.2, 0.25) is 0 Å². The molecule has 1 aromatic carbocycles. The summed E-state index contributed by atoms with van der Waals surface area (Å²) in [7, 11) is 0. The van der Waals surface area contributed by atoms with Gasteiger partial charge in [-0.3, -0.25) is 2.78 Å². The molecule has 2 nitrogen and oxygen atoms in total. The molecule has 56 valence electrons. The third-order valence-electron chi connectivity index (χ3n) is 1.47. The van der Waals surface area contributed by atoms with Gasteiger partial charge in [-0.1, -0.05) is 12.1 Å². The molecule has 0 saturated heterocycles. The average Bonchev–Trinajstić information content (AvgIpc) is 2.30. The predicted octanol–water partition coefficient (Wildman–Crippen LogP) is 2.84. The molecule has 4 heteroatoms. The van der Waals surface area contributed by atoms with Gasteiger partial charge in [0, 0.05) is 22.6 Å². The van der Waals surface area contributed by atoms with Crippen LogP contribution in [0.2, 0.25) is 0 Å². The maximum Gasteiger partial charge on any atom is 0.181 e. The average molecular weight is 370 g/mol. The fraction of sp³-hybridized carbons (Fsp3) is 0. The van der Waals surface area contributed by atoms with Gasteiger partial charge in [0.15, 0.2) is 3.83 Å². The zero-order chi connectivity index (χ0) is 7.84. The molecule has 0 aliphatic rings. The van der Waals surface area contributed by atoms with E-state index in [-0.39, 0.29) is 0 Å². The third-order valence-corrected chi connectivity index (χ3v) is 4.09. The molecule has 0 saturated carbocycles. The second-order valence-electron chi connectivity index (χ2n) is 2.15. The lowest BCUT2D eigenvalue weighted by Crippen LogP contribution is -1.79. The minimum Gasteiger partial charge on any atom is -0.259 e. The van der Waals surface area contributed by atoms with E-state index in [0.29, 0.717) is 0 Å². The zero-order valence-corrected chi connectivity index (χ0v) is 9.77. The van der Waals surface area contributed by atoms with Crippen LogP contribution in [0.3, 0.4) is 0 Å². The maximum atomic E-state index is 4.35. The molecule has 1 aromatic heterocycles. The molecule has 0 radical (unpaired) electrons. The number of halogens is 2. The molecular formula is C7H4I2N2. The smallest absolute Gasteiger partial charge is 0.181 e. The quantitative estimate of drug-likeness (QED) is 0.653. The van der Waals surface area contributed by atoms with Crippen LogP contribution < -0.4 is 0 Å². The Bertz CT molecular complexity index is 394. The Hall–Kier alpha value is 0.150. The Morgan fingerprint density at radius 1 is 1.27 bits per heavy atom. The van der Waals surface area contributed by atoms with Gasteiger partial charge in [0.1, 0.15) is 0 Å². The fourth-order valence-corrected chi connectivity index (χ4v) is 2.00. The second-order valence-corrected chi connectivity index (χ2v) is 4.08. The molecule has 2 rings (SSSR count). The van der Waals surface area contributed by atoms with Crippen LogP contribution in [0.5, 0.6) is 0 Å². The van der Waals surface area contributed by atoms with E-state index < -0.39 is 0 Å². The van der Waals surface area contributed by atoms with E-state index in [1.54, 1.807) is 0 Å². The lowest BCUT2D eigenvalue weighted by Gasteiger charge is -1.89. The van der Waals surface area contributed by atoms with E-state index in [1.807, 2.05) is 21.0 Å². The monoisotopic (exact) mass is 370 g/mol. The van der Waals surface area contributed by atoms with Crippen molar-refractivity contribution in [2.24, 2.45) is 0 Å². The molecule has 0 aliphatic heterocycles. The summed E-state index contributed by atoms with van der Waals surface area (Å²) in [6, 6.07) is 8.11. The van der Waals surface area contributed by atoms with Gasteiger partial charge in [0.05, 0.1) is 33.9 Å². The van der Waals surface area contributed by atoms with Crippen molar-refractivity contribution in [1.29, 1.82) is 0 Å². The Kier molecular flexibility index (Phi) is 2.04. The lowest BCUT2D eigenvalue weighted by molar-refractivity contribution is 1.23. The number of aromatic nitrogens is 2. The lowest BCUT2D eigenvalue weighted by atomic mass is 10.3. The van der Waals surface area contributed by atoms with Gasteiger partial charge in [-0.2, -0.15) is 0 Å². The number of rotatable bonds is 0. The van der Waals surface area contributed by atoms with Crippen LogP contribution >= 0.6 is 45.5 Å².